The number of nitrogens with zero attached hydrogens (tertiary/aromatic N) is 2. The predicted octanol–water partition coefficient (Wildman–Crippen LogP) is 4.01. The maximum atomic E-state index is 13.7. The number of hydrogen-bond donors (Lipinski definition) is 1. The van der Waals surface area contributed by atoms with Gasteiger partial charge in [0.05, 0.1) is 17.8 Å². The monoisotopic (exact) mass is 339 g/mol. The average molecular weight is 340 g/mol. The summed E-state index contributed by atoms with van der Waals surface area (Å²) >= 11 is 3.23. The van der Waals surface area contributed by atoms with Gasteiger partial charge >= 0.3 is 0 Å². The van der Waals surface area contributed by atoms with Gasteiger partial charge in [-0.15, -0.1) is 0 Å². The predicted molar refractivity (Wildman–Crippen MR) is 79.3 cm³/mol. The number of amides is 1. The van der Waals surface area contributed by atoms with Gasteiger partial charge in [0.15, 0.2) is 0 Å². The van der Waals surface area contributed by atoms with Crippen LogP contribution in [0.1, 0.15) is 36.7 Å². The highest BCUT2D eigenvalue weighted by molar-refractivity contribution is 9.10. The van der Waals surface area contributed by atoms with Crippen molar-refractivity contribution in [2.24, 2.45) is 0 Å². The van der Waals surface area contributed by atoms with Gasteiger partial charge < -0.3 is 5.32 Å². The second kappa shape index (κ2) is 6.17. The van der Waals surface area contributed by atoms with Crippen molar-refractivity contribution in [1.29, 1.82) is 0 Å². The van der Waals surface area contributed by atoms with Crippen LogP contribution in [0.3, 0.4) is 0 Å². The first-order valence-electron chi connectivity index (χ1n) is 6.32. The fourth-order valence-corrected chi connectivity index (χ4v) is 2.15. The lowest BCUT2D eigenvalue weighted by atomic mass is 10.2. The van der Waals surface area contributed by atoms with Crippen molar-refractivity contribution in [2.75, 3.05) is 5.32 Å². The fourth-order valence-electron chi connectivity index (χ4n) is 1.79. The highest BCUT2D eigenvalue weighted by Gasteiger charge is 2.15. The zero-order valence-corrected chi connectivity index (χ0v) is 12.8. The van der Waals surface area contributed by atoms with E-state index < -0.39 is 11.7 Å². The van der Waals surface area contributed by atoms with Crippen LogP contribution in [-0.2, 0) is 0 Å². The molecule has 20 heavy (non-hydrogen) atoms. The van der Waals surface area contributed by atoms with Crippen molar-refractivity contribution in [3.05, 3.63) is 46.3 Å². The van der Waals surface area contributed by atoms with Crippen molar-refractivity contribution in [1.82, 2.24) is 9.78 Å². The number of halogens is 2. The summed E-state index contributed by atoms with van der Waals surface area (Å²) in [4.78, 5) is 12.1. The van der Waals surface area contributed by atoms with Crippen LogP contribution >= 0.6 is 15.9 Å². The molecule has 0 aliphatic carbocycles. The molecule has 0 bridgehead atoms. The van der Waals surface area contributed by atoms with Gasteiger partial charge in [-0.3, -0.25) is 4.79 Å². The molecule has 1 unspecified atom stereocenters. The normalized spacial score (nSPS) is 12.2. The fraction of sp³-hybridized carbons (Fsp3) is 0.286. The minimum atomic E-state index is -0.555. The highest BCUT2D eigenvalue weighted by Crippen LogP contribution is 2.19. The lowest BCUT2D eigenvalue weighted by molar-refractivity contribution is 0.102. The molecule has 2 aromatic rings. The summed E-state index contributed by atoms with van der Waals surface area (Å²) in [6.45, 7) is 4.04. The Hall–Kier alpha value is -1.69. The number of hydrogen-bond acceptors (Lipinski definition) is 2. The zero-order valence-electron chi connectivity index (χ0n) is 11.2. The number of nitrogens with one attached hydrogen (secondary N) is 1. The number of rotatable bonds is 4. The Kier molecular flexibility index (Phi) is 4.54. The summed E-state index contributed by atoms with van der Waals surface area (Å²) in [5.41, 5.74) is -0.00345. The molecule has 0 aliphatic rings. The SMILES string of the molecule is CCC(C)n1nccc1NC(=O)c1cc(Br)ccc1F. The van der Waals surface area contributed by atoms with Gasteiger partial charge in [-0.05, 0) is 31.5 Å². The van der Waals surface area contributed by atoms with Crippen LogP contribution in [0.5, 0.6) is 0 Å². The molecule has 1 amide bonds. The minimum Gasteiger partial charge on any atom is -0.307 e. The number of carbonyl (C=O) groups excluding carboxylic acids is 1. The Morgan fingerprint density at radius 1 is 1.50 bits per heavy atom. The molecule has 1 N–H and O–H groups in total. The third-order valence-corrected chi connectivity index (χ3v) is 3.59. The zero-order chi connectivity index (χ0) is 14.7. The second-order valence-electron chi connectivity index (χ2n) is 4.50. The first kappa shape index (κ1) is 14.7. The van der Waals surface area contributed by atoms with Gasteiger partial charge in [0, 0.05) is 10.5 Å². The van der Waals surface area contributed by atoms with E-state index in [1.54, 1.807) is 23.0 Å². The van der Waals surface area contributed by atoms with Crippen molar-refractivity contribution in [3.63, 3.8) is 0 Å². The molecule has 0 fully saturated rings. The van der Waals surface area contributed by atoms with Gasteiger partial charge in [0.25, 0.3) is 5.91 Å². The van der Waals surface area contributed by atoms with E-state index in [1.165, 1.54) is 12.1 Å². The Morgan fingerprint density at radius 2 is 2.25 bits per heavy atom. The van der Waals surface area contributed by atoms with Crippen molar-refractivity contribution >= 4 is 27.7 Å². The lowest BCUT2D eigenvalue weighted by Crippen LogP contribution is -2.18. The highest BCUT2D eigenvalue weighted by atomic mass is 79.9. The van der Waals surface area contributed by atoms with E-state index in [4.69, 9.17) is 0 Å². The summed E-state index contributed by atoms with van der Waals surface area (Å²) in [6, 6.07) is 6.11. The summed E-state index contributed by atoms with van der Waals surface area (Å²) in [6.07, 6.45) is 2.49. The lowest BCUT2D eigenvalue weighted by Gasteiger charge is -2.14. The van der Waals surface area contributed by atoms with Crippen LogP contribution in [0.4, 0.5) is 10.2 Å². The molecule has 0 saturated heterocycles. The number of anilines is 1. The quantitative estimate of drug-likeness (QED) is 0.914. The minimum absolute atomic E-state index is 0.00345. The van der Waals surface area contributed by atoms with E-state index >= 15 is 0 Å². The number of benzene rings is 1. The van der Waals surface area contributed by atoms with Crippen molar-refractivity contribution in [3.8, 4) is 0 Å². The summed E-state index contributed by atoms with van der Waals surface area (Å²) < 4.78 is 16.0. The van der Waals surface area contributed by atoms with Crippen LogP contribution in [0.15, 0.2) is 34.9 Å². The van der Waals surface area contributed by atoms with Gasteiger partial charge in [-0.25, -0.2) is 9.07 Å². The molecule has 0 radical (unpaired) electrons. The number of carbonyl (C=O) groups is 1. The second-order valence-corrected chi connectivity index (χ2v) is 5.41. The first-order chi connectivity index (χ1) is 9.52. The molecule has 0 saturated carbocycles. The molecular formula is C14H15BrFN3O. The van der Waals surface area contributed by atoms with E-state index in [0.717, 1.165) is 6.42 Å². The Bertz CT molecular complexity index is 627. The molecule has 4 nitrogen and oxygen atoms in total. The van der Waals surface area contributed by atoms with E-state index in [-0.39, 0.29) is 11.6 Å². The van der Waals surface area contributed by atoms with E-state index in [1.807, 2.05) is 13.8 Å². The van der Waals surface area contributed by atoms with Crippen molar-refractivity contribution in [2.45, 2.75) is 26.3 Å². The molecule has 1 aromatic heterocycles. The van der Waals surface area contributed by atoms with Gasteiger partial charge in [-0.2, -0.15) is 5.10 Å². The third kappa shape index (κ3) is 3.07. The largest absolute Gasteiger partial charge is 0.307 e. The van der Waals surface area contributed by atoms with Crippen LogP contribution in [0, 0.1) is 5.82 Å². The topological polar surface area (TPSA) is 46.9 Å². The standard InChI is InChI=1S/C14H15BrFN3O/c1-3-9(2)19-13(6-7-17-19)18-14(20)11-8-10(15)4-5-12(11)16/h4-9H,3H2,1-2H3,(H,18,20). The van der Waals surface area contributed by atoms with E-state index in [9.17, 15) is 9.18 Å². The maximum absolute atomic E-state index is 13.7. The van der Waals surface area contributed by atoms with Crippen LogP contribution < -0.4 is 5.32 Å². The molecule has 1 atom stereocenters. The van der Waals surface area contributed by atoms with Crippen molar-refractivity contribution < 1.29 is 9.18 Å². The third-order valence-electron chi connectivity index (χ3n) is 3.09. The maximum Gasteiger partial charge on any atom is 0.259 e. The molecule has 2 rings (SSSR count). The van der Waals surface area contributed by atoms with E-state index in [0.29, 0.717) is 10.3 Å². The molecule has 1 heterocycles. The van der Waals surface area contributed by atoms with Crippen LogP contribution in [0.25, 0.3) is 0 Å². The molecule has 0 aliphatic heterocycles. The van der Waals surface area contributed by atoms with Crippen LogP contribution in [-0.4, -0.2) is 15.7 Å². The molecule has 106 valence electrons. The average Bonchev–Trinajstić information content (AvgIpc) is 2.88. The Balaban J connectivity index is 2.24. The smallest absolute Gasteiger partial charge is 0.259 e. The Morgan fingerprint density at radius 3 is 2.95 bits per heavy atom. The van der Waals surface area contributed by atoms with Gasteiger partial charge in [0.1, 0.15) is 11.6 Å². The van der Waals surface area contributed by atoms with E-state index in [2.05, 4.69) is 26.3 Å². The molecule has 6 heteroatoms. The first-order valence-corrected chi connectivity index (χ1v) is 7.12. The van der Waals surface area contributed by atoms with Gasteiger partial charge in [0.2, 0.25) is 0 Å². The molecular weight excluding hydrogens is 325 g/mol. The van der Waals surface area contributed by atoms with Crippen LogP contribution in [0.2, 0.25) is 0 Å². The summed E-state index contributed by atoms with van der Waals surface area (Å²) in [5, 5.41) is 6.86. The molecule has 0 spiro atoms. The summed E-state index contributed by atoms with van der Waals surface area (Å²) in [5.74, 6) is -0.488. The summed E-state index contributed by atoms with van der Waals surface area (Å²) in [7, 11) is 0. The number of aromatic nitrogens is 2. The van der Waals surface area contributed by atoms with Gasteiger partial charge in [-0.1, -0.05) is 22.9 Å². The Labute approximate surface area is 125 Å². The molecule has 1 aromatic carbocycles.